The fourth-order valence-electron chi connectivity index (χ4n) is 2.58. The van der Waals surface area contributed by atoms with Crippen LogP contribution in [0.25, 0.3) is 0 Å². The Hall–Kier alpha value is 0.920. The Morgan fingerprint density at radius 1 is 1.54 bits per heavy atom. The molecule has 2 rings (SSSR count). The van der Waals surface area contributed by atoms with Crippen molar-refractivity contribution in [3.8, 4) is 0 Å². The van der Waals surface area contributed by atoms with Crippen LogP contribution >= 0.6 is 31.9 Å². The highest BCUT2D eigenvalue weighted by Crippen LogP contribution is 2.46. The van der Waals surface area contributed by atoms with Crippen LogP contribution in [-0.2, 0) is 4.74 Å². The van der Waals surface area contributed by atoms with Crippen LogP contribution in [0.3, 0.4) is 0 Å². The fraction of sp³-hybridized carbons (Fsp3) is 1.00. The lowest BCUT2D eigenvalue weighted by Gasteiger charge is -2.37. The van der Waals surface area contributed by atoms with Crippen LogP contribution in [0.15, 0.2) is 0 Å². The monoisotopic (exact) mass is 310 g/mol. The molecule has 1 aliphatic carbocycles. The minimum absolute atomic E-state index is 0.304. The number of fused-ring (bicyclic) bond motifs is 1. The van der Waals surface area contributed by atoms with E-state index in [-0.39, 0.29) is 0 Å². The Labute approximate surface area is 96.9 Å². The Bertz CT molecular complexity index is 197. The van der Waals surface area contributed by atoms with Gasteiger partial charge >= 0.3 is 0 Å². The largest absolute Gasteiger partial charge is 0.378 e. The Balaban J connectivity index is 2.03. The second-order valence-electron chi connectivity index (χ2n) is 4.54. The van der Waals surface area contributed by atoms with E-state index >= 15 is 0 Å². The summed E-state index contributed by atoms with van der Waals surface area (Å²) in [6.07, 6.45) is 4.30. The van der Waals surface area contributed by atoms with E-state index in [0.717, 1.165) is 23.8 Å². The first-order chi connectivity index (χ1) is 6.14. The predicted molar refractivity (Wildman–Crippen MR) is 61.7 cm³/mol. The SMILES string of the molecule is CC1COC2CC(Br)(CBr)CCC12. The molecule has 2 fully saturated rings. The van der Waals surface area contributed by atoms with Gasteiger partial charge in [0.25, 0.3) is 0 Å². The second kappa shape index (κ2) is 3.82. The lowest BCUT2D eigenvalue weighted by molar-refractivity contribution is 0.0581. The molecule has 0 aromatic carbocycles. The molecular formula is C10H16Br2O. The maximum atomic E-state index is 5.82. The smallest absolute Gasteiger partial charge is 0.0620 e. The zero-order valence-electron chi connectivity index (χ0n) is 7.93. The molecule has 0 bridgehead atoms. The molecule has 76 valence electrons. The van der Waals surface area contributed by atoms with Crippen LogP contribution in [0.2, 0.25) is 0 Å². The van der Waals surface area contributed by atoms with Crippen LogP contribution in [0.4, 0.5) is 0 Å². The molecule has 0 aromatic rings. The number of hydrogen-bond acceptors (Lipinski definition) is 1. The summed E-state index contributed by atoms with van der Waals surface area (Å²) in [6.45, 7) is 3.29. The van der Waals surface area contributed by atoms with E-state index < -0.39 is 0 Å². The van der Waals surface area contributed by atoms with Gasteiger partial charge in [0.1, 0.15) is 0 Å². The molecule has 1 heterocycles. The van der Waals surface area contributed by atoms with Gasteiger partial charge in [-0.15, -0.1) is 0 Å². The highest BCUT2D eigenvalue weighted by atomic mass is 79.9. The quantitative estimate of drug-likeness (QED) is 0.675. The number of ether oxygens (including phenoxy) is 1. The van der Waals surface area contributed by atoms with Gasteiger partial charge in [0.2, 0.25) is 0 Å². The molecule has 4 unspecified atom stereocenters. The Morgan fingerprint density at radius 2 is 2.31 bits per heavy atom. The standard InChI is InChI=1S/C10H16Br2O/c1-7-5-13-9-4-10(12,6-11)3-2-8(7)9/h7-9H,2-6H2,1H3. The van der Waals surface area contributed by atoms with Gasteiger partial charge < -0.3 is 4.74 Å². The van der Waals surface area contributed by atoms with Crippen molar-refractivity contribution in [2.75, 3.05) is 11.9 Å². The molecule has 3 heteroatoms. The first-order valence-electron chi connectivity index (χ1n) is 5.01. The first kappa shape index (κ1) is 10.4. The maximum absolute atomic E-state index is 5.82. The molecule has 1 nitrogen and oxygen atoms in total. The van der Waals surface area contributed by atoms with E-state index in [4.69, 9.17) is 4.74 Å². The number of alkyl halides is 2. The van der Waals surface area contributed by atoms with Crippen LogP contribution < -0.4 is 0 Å². The van der Waals surface area contributed by atoms with Crippen molar-refractivity contribution in [3.05, 3.63) is 0 Å². The summed E-state index contributed by atoms with van der Waals surface area (Å²) in [7, 11) is 0. The second-order valence-corrected chi connectivity index (χ2v) is 6.78. The summed E-state index contributed by atoms with van der Waals surface area (Å²) in [5.74, 6) is 1.60. The summed E-state index contributed by atoms with van der Waals surface area (Å²) in [4.78, 5) is 0. The zero-order valence-corrected chi connectivity index (χ0v) is 11.1. The molecule has 4 atom stereocenters. The summed E-state index contributed by atoms with van der Waals surface area (Å²) in [5.41, 5.74) is 0. The molecule has 0 amide bonds. The van der Waals surface area contributed by atoms with Crippen LogP contribution in [0.1, 0.15) is 26.2 Å². The summed E-state index contributed by atoms with van der Waals surface area (Å²) < 4.78 is 6.12. The van der Waals surface area contributed by atoms with Gasteiger partial charge in [0.15, 0.2) is 0 Å². The lowest BCUT2D eigenvalue weighted by atomic mass is 9.77. The third kappa shape index (κ3) is 1.98. The Morgan fingerprint density at radius 3 is 3.00 bits per heavy atom. The average Bonchev–Trinajstić information content (AvgIpc) is 2.47. The van der Waals surface area contributed by atoms with E-state index in [1.54, 1.807) is 0 Å². The number of rotatable bonds is 1. The summed E-state index contributed by atoms with van der Waals surface area (Å²) >= 11 is 7.40. The van der Waals surface area contributed by atoms with Crippen LogP contribution in [0.5, 0.6) is 0 Å². The van der Waals surface area contributed by atoms with E-state index in [1.807, 2.05) is 0 Å². The molecule has 1 saturated carbocycles. The van der Waals surface area contributed by atoms with Gasteiger partial charge in [-0.05, 0) is 31.1 Å². The summed E-state index contributed by atoms with van der Waals surface area (Å²) in [6, 6.07) is 0. The minimum atomic E-state index is 0.304. The predicted octanol–water partition coefficient (Wildman–Crippen LogP) is 3.35. The van der Waals surface area contributed by atoms with Crippen molar-refractivity contribution in [1.29, 1.82) is 0 Å². The van der Waals surface area contributed by atoms with Crippen molar-refractivity contribution in [3.63, 3.8) is 0 Å². The number of hydrogen-bond donors (Lipinski definition) is 0. The zero-order chi connectivity index (χ0) is 9.47. The van der Waals surface area contributed by atoms with Crippen molar-refractivity contribution in [2.45, 2.75) is 36.6 Å². The average molecular weight is 312 g/mol. The van der Waals surface area contributed by atoms with Gasteiger partial charge in [0, 0.05) is 16.3 Å². The number of halogens is 2. The molecular weight excluding hydrogens is 296 g/mol. The van der Waals surface area contributed by atoms with E-state index in [2.05, 4.69) is 38.8 Å². The normalized spacial score (nSPS) is 50.5. The van der Waals surface area contributed by atoms with Gasteiger partial charge in [-0.1, -0.05) is 38.8 Å². The van der Waals surface area contributed by atoms with Crippen molar-refractivity contribution in [2.24, 2.45) is 11.8 Å². The van der Waals surface area contributed by atoms with Gasteiger partial charge in [-0.25, -0.2) is 0 Å². The van der Waals surface area contributed by atoms with Crippen molar-refractivity contribution < 1.29 is 4.74 Å². The molecule has 0 N–H and O–H groups in total. The van der Waals surface area contributed by atoms with Crippen LogP contribution in [0, 0.1) is 11.8 Å². The van der Waals surface area contributed by atoms with Gasteiger partial charge in [0.05, 0.1) is 6.10 Å². The minimum Gasteiger partial charge on any atom is -0.378 e. The topological polar surface area (TPSA) is 9.23 Å². The highest BCUT2D eigenvalue weighted by Gasteiger charge is 2.44. The van der Waals surface area contributed by atoms with E-state index in [0.29, 0.717) is 10.4 Å². The summed E-state index contributed by atoms with van der Waals surface area (Å²) in [5, 5.41) is 1.04. The molecule has 0 aromatic heterocycles. The van der Waals surface area contributed by atoms with Crippen molar-refractivity contribution >= 4 is 31.9 Å². The van der Waals surface area contributed by atoms with Gasteiger partial charge in [-0.2, -0.15) is 0 Å². The first-order valence-corrected chi connectivity index (χ1v) is 6.92. The molecule has 0 spiro atoms. The van der Waals surface area contributed by atoms with Crippen molar-refractivity contribution in [1.82, 2.24) is 0 Å². The van der Waals surface area contributed by atoms with Gasteiger partial charge in [-0.3, -0.25) is 0 Å². The molecule has 1 saturated heterocycles. The molecule has 13 heavy (non-hydrogen) atoms. The molecule has 0 radical (unpaired) electrons. The molecule has 1 aliphatic heterocycles. The van der Waals surface area contributed by atoms with Crippen LogP contribution in [-0.4, -0.2) is 22.4 Å². The third-order valence-electron chi connectivity index (χ3n) is 3.51. The van der Waals surface area contributed by atoms with E-state index in [9.17, 15) is 0 Å². The highest BCUT2D eigenvalue weighted by molar-refractivity contribution is 9.12. The lowest BCUT2D eigenvalue weighted by Crippen LogP contribution is -2.38. The molecule has 2 aliphatic rings. The maximum Gasteiger partial charge on any atom is 0.0620 e. The fourth-order valence-corrected chi connectivity index (χ4v) is 3.64. The Kier molecular flexibility index (Phi) is 3.07. The van der Waals surface area contributed by atoms with E-state index in [1.165, 1.54) is 19.3 Å². The third-order valence-corrected chi connectivity index (χ3v) is 6.34.